The first-order valence-electron chi connectivity index (χ1n) is 7.07. The minimum Gasteiger partial charge on any atom is -0.322 e. The van der Waals surface area contributed by atoms with Crippen molar-refractivity contribution in [2.24, 2.45) is 0 Å². The third-order valence-electron chi connectivity index (χ3n) is 3.15. The third-order valence-corrected chi connectivity index (χ3v) is 3.67. The van der Waals surface area contributed by atoms with Gasteiger partial charge in [0.05, 0.1) is 0 Å². The summed E-state index contributed by atoms with van der Waals surface area (Å²) >= 11 is 3.34. The fourth-order valence-corrected chi connectivity index (χ4v) is 2.25. The van der Waals surface area contributed by atoms with E-state index < -0.39 is 0 Å². The number of aryl methyl sites for hydroxylation is 1. The highest BCUT2D eigenvalue weighted by atomic mass is 79.9. The van der Waals surface area contributed by atoms with Crippen LogP contribution in [0.25, 0.3) is 6.08 Å². The largest absolute Gasteiger partial charge is 0.322 e. The van der Waals surface area contributed by atoms with E-state index in [1.54, 1.807) is 18.2 Å². The lowest BCUT2D eigenvalue weighted by molar-refractivity contribution is -0.120. The first-order chi connectivity index (χ1) is 11.0. The predicted octanol–water partition coefficient (Wildman–Crippen LogP) is 3.87. The summed E-state index contributed by atoms with van der Waals surface area (Å²) in [7, 11) is 0. The van der Waals surface area contributed by atoms with Crippen LogP contribution in [-0.2, 0) is 9.59 Å². The summed E-state index contributed by atoms with van der Waals surface area (Å²) in [5.41, 5.74) is 2.75. The van der Waals surface area contributed by atoms with Gasteiger partial charge in [0.1, 0.15) is 5.70 Å². The van der Waals surface area contributed by atoms with Crippen LogP contribution in [0, 0.1) is 6.92 Å². The molecule has 2 amide bonds. The van der Waals surface area contributed by atoms with Gasteiger partial charge in [0, 0.05) is 17.1 Å². The molecule has 23 heavy (non-hydrogen) atoms. The zero-order valence-corrected chi connectivity index (χ0v) is 14.5. The van der Waals surface area contributed by atoms with E-state index in [1.165, 1.54) is 6.92 Å². The van der Waals surface area contributed by atoms with Gasteiger partial charge in [-0.05, 0) is 48.4 Å². The molecule has 0 spiro atoms. The van der Waals surface area contributed by atoms with Crippen LogP contribution in [0.15, 0.2) is 58.7 Å². The van der Waals surface area contributed by atoms with Crippen molar-refractivity contribution in [3.8, 4) is 0 Å². The Hall–Kier alpha value is -2.40. The van der Waals surface area contributed by atoms with Crippen LogP contribution in [0.4, 0.5) is 5.69 Å². The highest BCUT2D eigenvalue weighted by Gasteiger charge is 2.12. The van der Waals surface area contributed by atoms with E-state index >= 15 is 0 Å². The number of rotatable bonds is 4. The summed E-state index contributed by atoms with van der Waals surface area (Å²) in [4.78, 5) is 23.8. The summed E-state index contributed by atoms with van der Waals surface area (Å²) in [6, 6.07) is 14.9. The highest BCUT2D eigenvalue weighted by molar-refractivity contribution is 9.10. The van der Waals surface area contributed by atoms with Crippen molar-refractivity contribution in [3.05, 3.63) is 69.8 Å². The number of halogens is 1. The lowest BCUT2D eigenvalue weighted by atomic mass is 10.1. The number of carbonyl (C=O) groups is 2. The lowest BCUT2D eigenvalue weighted by Gasteiger charge is -2.10. The molecule has 0 fully saturated rings. The Morgan fingerprint density at radius 2 is 1.70 bits per heavy atom. The molecule has 5 heteroatoms. The Kier molecular flexibility index (Phi) is 5.71. The molecule has 0 aliphatic carbocycles. The zero-order chi connectivity index (χ0) is 16.8. The number of carbonyl (C=O) groups excluding carboxylic acids is 2. The van der Waals surface area contributed by atoms with E-state index in [0.717, 1.165) is 15.6 Å². The van der Waals surface area contributed by atoms with Crippen LogP contribution in [0.2, 0.25) is 0 Å². The summed E-state index contributed by atoms with van der Waals surface area (Å²) in [6.45, 7) is 3.32. The van der Waals surface area contributed by atoms with Crippen molar-refractivity contribution in [2.75, 3.05) is 5.32 Å². The van der Waals surface area contributed by atoms with Crippen LogP contribution >= 0.6 is 15.9 Å². The lowest BCUT2D eigenvalue weighted by Crippen LogP contribution is -2.29. The standard InChI is InChI=1S/C18H17BrN2O2/c1-12-5-3-4-6-14(12)11-17(20-13(2)22)18(23)21-16-9-7-15(19)8-10-16/h3-11H,1-2H3,(H,20,22)(H,21,23). The second kappa shape index (κ2) is 7.74. The minimum absolute atomic E-state index is 0.203. The average Bonchev–Trinajstić information content (AvgIpc) is 2.50. The Labute approximate surface area is 143 Å². The number of hydrogen-bond acceptors (Lipinski definition) is 2. The summed E-state index contributed by atoms with van der Waals surface area (Å²) in [5, 5.41) is 5.36. The monoisotopic (exact) mass is 372 g/mol. The molecule has 0 saturated heterocycles. The maximum absolute atomic E-state index is 12.4. The van der Waals surface area contributed by atoms with Gasteiger partial charge in [-0.15, -0.1) is 0 Å². The predicted molar refractivity (Wildman–Crippen MR) is 95.7 cm³/mol. The second-order valence-corrected chi connectivity index (χ2v) is 5.97. The van der Waals surface area contributed by atoms with E-state index in [4.69, 9.17) is 0 Å². The maximum Gasteiger partial charge on any atom is 0.272 e. The molecule has 0 bridgehead atoms. The van der Waals surface area contributed by atoms with Gasteiger partial charge in [-0.3, -0.25) is 9.59 Å². The van der Waals surface area contributed by atoms with Gasteiger partial charge in [-0.25, -0.2) is 0 Å². The molecule has 0 aliphatic heterocycles. The molecular formula is C18H17BrN2O2. The quantitative estimate of drug-likeness (QED) is 0.800. The second-order valence-electron chi connectivity index (χ2n) is 5.06. The number of nitrogens with one attached hydrogen (secondary N) is 2. The Morgan fingerprint density at radius 1 is 1.04 bits per heavy atom. The average molecular weight is 373 g/mol. The van der Waals surface area contributed by atoms with Crippen LogP contribution < -0.4 is 10.6 Å². The topological polar surface area (TPSA) is 58.2 Å². The first-order valence-corrected chi connectivity index (χ1v) is 7.87. The molecule has 0 saturated carbocycles. The smallest absolute Gasteiger partial charge is 0.272 e. The van der Waals surface area contributed by atoms with Crippen LogP contribution in [0.5, 0.6) is 0 Å². The van der Waals surface area contributed by atoms with Crippen LogP contribution in [0.3, 0.4) is 0 Å². The molecule has 0 aromatic heterocycles. The van der Waals surface area contributed by atoms with Gasteiger partial charge in [0.15, 0.2) is 0 Å². The van der Waals surface area contributed by atoms with Crippen molar-refractivity contribution in [1.82, 2.24) is 5.32 Å². The fourth-order valence-electron chi connectivity index (χ4n) is 1.98. The minimum atomic E-state index is -0.370. The molecule has 0 unspecified atom stereocenters. The Bertz CT molecular complexity index is 752. The number of amides is 2. The Morgan fingerprint density at radius 3 is 2.30 bits per heavy atom. The van der Waals surface area contributed by atoms with Crippen LogP contribution in [0.1, 0.15) is 18.1 Å². The van der Waals surface area contributed by atoms with Crippen molar-refractivity contribution >= 4 is 39.5 Å². The van der Waals surface area contributed by atoms with Gasteiger partial charge >= 0.3 is 0 Å². The van der Waals surface area contributed by atoms with Crippen molar-refractivity contribution < 1.29 is 9.59 Å². The van der Waals surface area contributed by atoms with Crippen molar-refractivity contribution in [3.63, 3.8) is 0 Å². The SMILES string of the molecule is CC(=O)NC(=Cc1ccccc1C)C(=O)Nc1ccc(Br)cc1. The van der Waals surface area contributed by atoms with Gasteiger partial charge in [0.2, 0.25) is 5.91 Å². The summed E-state index contributed by atoms with van der Waals surface area (Å²) < 4.78 is 0.924. The number of anilines is 1. The molecule has 2 rings (SSSR count). The van der Waals surface area contributed by atoms with Gasteiger partial charge in [-0.1, -0.05) is 40.2 Å². The molecule has 0 aliphatic rings. The van der Waals surface area contributed by atoms with Gasteiger partial charge < -0.3 is 10.6 Å². The first kappa shape index (κ1) is 17.0. The molecule has 0 heterocycles. The molecule has 118 valence electrons. The molecule has 4 nitrogen and oxygen atoms in total. The molecule has 0 radical (unpaired) electrons. The summed E-state index contributed by atoms with van der Waals surface area (Å²) in [6.07, 6.45) is 1.67. The molecule has 2 N–H and O–H groups in total. The van der Waals surface area contributed by atoms with Gasteiger partial charge in [0.25, 0.3) is 5.91 Å². The summed E-state index contributed by atoms with van der Waals surface area (Å²) in [5.74, 6) is -0.665. The normalized spacial score (nSPS) is 11.0. The molecule has 0 atom stereocenters. The number of hydrogen-bond donors (Lipinski definition) is 2. The van der Waals surface area contributed by atoms with E-state index in [2.05, 4.69) is 26.6 Å². The van der Waals surface area contributed by atoms with Crippen LogP contribution in [-0.4, -0.2) is 11.8 Å². The Balaban J connectivity index is 2.27. The fraction of sp³-hybridized carbons (Fsp3) is 0.111. The number of benzene rings is 2. The van der Waals surface area contributed by atoms with E-state index in [-0.39, 0.29) is 17.5 Å². The van der Waals surface area contributed by atoms with E-state index in [9.17, 15) is 9.59 Å². The maximum atomic E-state index is 12.4. The third kappa shape index (κ3) is 5.07. The molecule has 2 aromatic rings. The highest BCUT2D eigenvalue weighted by Crippen LogP contribution is 2.16. The molecular weight excluding hydrogens is 356 g/mol. The molecule has 2 aromatic carbocycles. The van der Waals surface area contributed by atoms with Crippen molar-refractivity contribution in [2.45, 2.75) is 13.8 Å². The van der Waals surface area contributed by atoms with E-state index in [0.29, 0.717) is 5.69 Å². The zero-order valence-electron chi connectivity index (χ0n) is 12.9. The van der Waals surface area contributed by atoms with Crippen molar-refractivity contribution in [1.29, 1.82) is 0 Å². The van der Waals surface area contributed by atoms with E-state index in [1.807, 2.05) is 43.3 Å². The van der Waals surface area contributed by atoms with Gasteiger partial charge in [-0.2, -0.15) is 0 Å².